The third-order valence-corrected chi connectivity index (χ3v) is 3.32. The Bertz CT molecular complexity index is 742. The Hall–Kier alpha value is -2.18. The molecule has 3 aromatic heterocycles. The number of ether oxygens (including phenoxy) is 1. The lowest BCUT2D eigenvalue weighted by Crippen LogP contribution is -1.96. The molecule has 1 unspecified atom stereocenters. The van der Waals surface area contributed by atoms with Gasteiger partial charge in [0.2, 0.25) is 0 Å². The van der Waals surface area contributed by atoms with E-state index in [-0.39, 0.29) is 12.8 Å². The van der Waals surface area contributed by atoms with Crippen LogP contribution in [0.3, 0.4) is 0 Å². The SMILES string of the molecule is OCc1nn(C2CO2)cc1-c1ccnc2[nH]ccc12. The molecule has 6 nitrogen and oxygen atoms in total. The maximum atomic E-state index is 9.48. The van der Waals surface area contributed by atoms with E-state index in [2.05, 4.69) is 15.1 Å². The number of aliphatic hydroxyl groups excluding tert-OH is 1. The summed E-state index contributed by atoms with van der Waals surface area (Å²) in [5.74, 6) is 0. The lowest BCUT2D eigenvalue weighted by molar-refractivity contribution is 0.272. The van der Waals surface area contributed by atoms with Gasteiger partial charge in [0.15, 0.2) is 6.23 Å². The van der Waals surface area contributed by atoms with Crippen LogP contribution in [0.15, 0.2) is 30.7 Å². The van der Waals surface area contributed by atoms with E-state index in [0.717, 1.165) is 22.2 Å². The average Bonchev–Trinajstić information content (AvgIpc) is 3.03. The molecule has 1 aliphatic rings. The highest BCUT2D eigenvalue weighted by Crippen LogP contribution is 2.32. The monoisotopic (exact) mass is 256 g/mol. The van der Waals surface area contributed by atoms with Crippen LogP contribution in [0.25, 0.3) is 22.2 Å². The molecule has 0 saturated carbocycles. The van der Waals surface area contributed by atoms with Crippen molar-refractivity contribution >= 4 is 11.0 Å². The summed E-state index contributed by atoms with van der Waals surface area (Å²) in [5.41, 5.74) is 3.42. The normalized spacial score (nSPS) is 18.1. The van der Waals surface area contributed by atoms with E-state index in [4.69, 9.17) is 4.74 Å². The predicted octanol–water partition coefficient (Wildman–Crippen LogP) is 1.45. The first-order valence-corrected chi connectivity index (χ1v) is 6.10. The number of H-pyrrole nitrogens is 1. The van der Waals surface area contributed by atoms with Crippen LogP contribution in [0.2, 0.25) is 0 Å². The summed E-state index contributed by atoms with van der Waals surface area (Å²) in [6.45, 7) is 0.588. The lowest BCUT2D eigenvalue weighted by atomic mass is 10.1. The van der Waals surface area contributed by atoms with Crippen LogP contribution in [-0.2, 0) is 11.3 Å². The third kappa shape index (κ3) is 1.65. The van der Waals surface area contributed by atoms with Gasteiger partial charge in [-0.3, -0.25) is 0 Å². The number of hydrogen-bond donors (Lipinski definition) is 2. The van der Waals surface area contributed by atoms with Gasteiger partial charge in [0.05, 0.1) is 18.9 Å². The summed E-state index contributed by atoms with van der Waals surface area (Å²) in [4.78, 5) is 7.35. The number of rotatable bonds is 3. The Morgan fingerprint density at radius 3 is 3.11 bits per heavy atom. The van der Waals surface area contributed by atoms with Crippen LogP contribution in [-0.4, -0.2) is 31.5 Å². The summed E-state index contributed by atoms with van der Waals surface area (Å²) in [6.07, 6.45) is 5.54. The van der Waals surface area contributed by atoms with Gasteiger partial charge >= 0.3 is 0 Å². The molecule has 0 bridgehead atoms. The lowest BCUT2D eigenvalue weighted by Gasteiger charge is -2.01. The van der Waals surface area contributed by atoms with Crippen molar-refractivity contribution in [3.63, 3.8) is 0 Å². The summed E-state index contributed by atoms with van der Waals surface area (Å²) in [7, 11) is 0. The van der Waals surface area contributed by atoms with E-state index >= 15 is 0 Å². The molecule has 3 aromatic rings. The van der Waals surface area contributed by atoms with Crippen molar-refractivity contribution in [1.29, 1.82) is 0 Å². The van der Waals surface area contributed by atoms with Crippen molar-refractivity contribution < 1.29 is 9.84 Å². The number of nitrogens with one attached hydrogen (secondary N) is 1. The van der Waals surface area contributed by atoms with E-state index in [1.54, 1.807) is 10.9 Å². The zero-order valence-corrected chi connectivity index (χ0v) is 10.1. The molecule has 0 spiro atoms. The predicted molar refractivity (Wildman–Crippen MR) is 68.2 cm³/mol. The largest absolute Gasteiger partial charge is 0.390 e. The summed E-state index contributed by atoms with van der Waals surface area (Å²) in [6, 6.07) is 3.91. The fourth-order valence-electron chi connectivity index (χ4n) is 2.31. The fraction of sp³-hybridized carbons (Fsp3) is 0.231. The highest BCUT2D eigenvalue weighted by molar-refractivity contribution is 5.93. The average molecular weight is 256 g/mol. The standard InChI is InChI=1S/C13H12N4O2/c18-6-11-10(5-17(16-11)12-7-19-12)8-1-3-14-13-9(8)2-4-15-13/h1-5,12,18H,6-7H2,(H,14,15). The summed E-state index contributed by atoms with van der Waals surface area (Å²) < 4.78 is 6.98. The molecular formula is C13H12N4O2. The highest BCUT2D eigenvalue weighted by atomic mass is 16.6. The van der Waals surface area contributed by atoms with Gasteiger partial charge in [-0.05, 0) is 17.7 Å². The van der Waals surface area contributed by atoms with E-state index in [0.29, 0.717) is 12.3 Å². The molecule has 0 aliphatic carbocycles. The Balaban J connectivity index is 1.93. The number of nitrogens with zero attached hydrogens (tertiary/aromatic N) is 3. The number of aromatic amines is 1. The van der Waals surface area contributed by atoms with Crippen molar-refractivity contribution in [2.45, 2.75) is 12.8 Å². The van der Waals surface area contributed by atoms with Crippen molar-refractivity contribution in [1.82, 2.24) is 19.7 Å². The Morgan fingerprint density at radius 1 is 1.42 bits per heavy atom. The Labute approximate surface area is 108 Å². The summed E-state index contributed by atoms with van der Waals surface area (Å²) >= 11 is 0. The van der Waals surface area contributed by atoms with Crippen LogP contribution in [0, 0.1) is 0 Å². The van der Waals surface area contributed by atoms with Crippen LogP contribution < -0.4 is 0 Å². The topological polar surface area (TPSA) is 79.3 Å². The Morgan fingerprint density at radius 2 is 2.32 bits per heavy atom. The molecule has 2 N–H and O–H groups in total. The Kier molecular flexibility index (Phi) is 2.20. The maximum Gasteiger partial charge on any atom is 0.173 e. The zero-order valence-electron chi connectivity index (χ0n) is 10.1. The molecular weight excluding hydrogens is 244 g/mol. The van der Waals surface area contributed by atoms with Gasteiger partial charge in [-0.25, -0.2) is 9.67 Å². The molecule has 1 saturated heterocycles. The molecule has 4 rings (SSSR count). The van der Waals surface area contributed by atoms with Gasteiger partial charge < -0.3 is 14.8 Å². The van der Waals surface area contributed by atoms with Gasteiger partial charge in [-0.2, -0.15) is 5.10 Å². The van der Waals surface area contributed by atoms with Crippen LogP contribution in [0.1, 0.15) is 11.9 Å². The second-order valence-electron chi connectivity index (χ2n) is 4.51. The van der Waals surface area contributed by atoms with Crippen molar-refractivity contribution in [2.75, 3.05) is 6.61 Å². The molecule has 0 radical (unpaired) electrons. The van der Waals surface area contributed by atoms with E-state index in [1.165, 1.54) is 0 Å². The second kappa shape index (κ2) is 3.91. The van der Waals surface area contributed by atoms with Crippen LogP contribution in [0.5, 0.6) is 0 Å². The van der Waals surface area contributed by atoms with Crippen LogP contribution in [0.4, 0.5) is 0 Å². The molecule has 0 aromatic carbocycles. The molecule has 96 valence electrons. The van der Waals surface area contributed by atoms with Crippen LogP contribution >= 0.6 is 0 Å². The molecule has 19 heavy (non-hydrogen) atoms. The maximum absolute atomic E-state index is 9.48. The molecule has 1 aliphatic heterocycles. The highest BCUT2D eigenvalue weighted by Gasteiger charge is 2.27. The van der Waals surface area contributed by atoms with E-state index < -0.39 is 0 Å². The number of epoxide rings is 1. The molecule has 4 heterocycles. The number of aromatic nitrogens is 4. The minimum Gasteiger partial charge on any atom is -0.390 e. The smallest absolute Gasteiger partial charge is 0.173 e. The molecule has 1 fully saturated rings. The van der Waals surface area contributed by atoms with E-state index in [9.17, 15) is 5.11 Å². The number of fused-ring (bicyclic) bond motifs is 1. The van der Waals surface area contributed by atoms with Gasteiger partial charge in [0.25, 0.3) is 0 Å². The molecule has 1 atom stereocenters. The molecule has 0 amide bonds. The first kappa shape index (κ1) is 10.7. The first-order valence-electron chi connectivity index (χ1n) is 6.10. The minimum absolute atomic E-state index is 0.0163. The minimum atomic E-state index is -0.0940. The zero-order chi connectivity index (χ0) is 12.8. The van der Waals surface area contributed by atoms with Crippen molar-refractivity contribution in [3.05, 3.63) is 36.4 Å². The van der Waals surface area contributed by atoms with E-state index in [1.807, 2.05) is 24.5 Å². The van der Waals surface area contributed by atoms with Crippen molar-refractivity contribution in [2.24, 2.45) is 0 Å². The van der Waals surface area contributed by atoms with Gasteiger partial charge in [-0.1, -0.05) is 0 Å². The second-order valence-corrected chi connectivity index (χ2v) is 4.51. The quantitative estimate of drug-likeness (QED) is 0.695. The molecule has 6 heteroatoms. The van der Waals surface area contributed by atoms with Gasteiger partial charge in [0.1, 0.15) is 5.65 Å². The number of hydrogen-bond acceptors (Lipinski definition) is 4. The van der Waals surface area contributed by atoms with Gasteiger partial charge in [0, 0.05) is 29.5 Å². The van der Waals surface area contributed by atoms with Gasteiger partial charge in [-0.15, -0.1) is 0 Å². The number of pyridine rings is 1. The fourth-order valence-corrected chi connectivity index (χ4v) is 2.31. The van der Waals surface area contributed by atoms with Crippen molar-refractivity contribution in [3.8, 4) is 11.1 Å². The summed E-state index contributed by atoms with van der Waals surface area (Å²) in [5, 5.41) is 14.9. The third-order valence-electron chi connectivity index (χ3n) is 3.32. The number of aliphatic hydroxyl groups is 1. The first-order chi connectivity index (χ1) is 9.36.